The van der Waals surface area contributed by atoms with Crippen LogP contribution in [0.25, 0.3) is 0 Å². The summed E-state index contributed by atoms with van der Waals surface area (Å²) in [5.41, 5.74) is 3.79. The van der Waals surface area contributed by atoms with E-state index in [9.17, 15) is 0 Å². The summed E-state index contributed by atoms with van der Waals surface area (Å²) in [7, 11) is 2.77. The van der Waals surface area contributed by atoms with Gasteiger partial charge in [-0.3, -0.25) is 14.8 Å². The molecular formula is C26H37N4OP. The first-order chi connectivity index (χ1) is 15.6. The molecule has 2 aliphatic rings. The molecular weight excluding hydrogens is 415 g/mol. The lowest BCUT2D eigenvalue weighted by atomic mass is 9.86. The van der Waals surface area contributed by atoms with E-state index in [2.05, 4.69) is 78.8 Å². The molecule has 0 spiro atoms. The van der Waals surface area contributed by atoms with Crippen LogP contribution in [0.15, 0.2) is 61.1 Å². The van der Waals surface area contributed by atoms with Crippen molar-refractivity contribution in [2.24, 2.45) is 0 Å². The number of hydrogen-bond acceptors (Lipinski definition) is 5. The van der Waals surface area contributed by atoms with Crippen LogP contribution in [0.4, 0.5) is 5.69 Å². The second-order valence-electron chi connectivity index (χ2n) is 9.07. The van der Waals surface area contributed by atoms with E-state index < -0.39 is 0 Å². The number of anilines is 1. The monoisotopic (exact) mass is 452 g/mol. The molecule has 2 aliphatic heterocycles. The van der Waals surface area contributed by atoms with Crippen LogP contribution < -0.4 is 10.2 Å². The van der Waals surface area contributed by atoms with E-state index in [0.29, 0.717) is 0 Å². The fourth-order valence-electron chi connectivity index (χ4n) is 5.01. The highest BCUT2D eigenvalue weighted by atomic mass is 31.0. The fraction of sp³-hybridized carbons (Fsp3) is 0.500. The molecule has 32 heavy (non-hydrogen) atoms. The van der Waals surface area contributed by atoms with E-state index in [1.54, 1.807) is 0 Å². The lowest BCUT2D eigenvalue weighted by Gasteiger charge is -2.51. The van der Waals surface area contributed by atoms with E-state index in [0.717, 1.165) is 88.4 Å². The summed E-state index contributed by atoms with van der Waals surface area (Å²) in [6, 6.07) is 13.0. The van der Waals surface area contributed by atoms with Crippen LogP contribution in [0.5, 0.6) is 0 Å². The normalized spacial score (nSPS) is 19.6. The summed E-state index contributed by atoms with van der Waals surface area (Å²) in [5, 5.41) is 1.10. The van der Waals surface area contributed by atoms with E-state index in [-0.39, 0.29) is 5.54 Å². The highest BCUT2D eigenvalue weighted by Gasteiger charge is 2.41. The van der Waals surface area contributed by atoms with Gasteiger partial charge in [-0.25, -0.2) is 0 Å². The number of hydrogen-bond donors (Lipinski definition) is 0. The van der Waals surface area contributed by atoms with Crippen LogP contribution in [0.3, 0.4) is 0 Å². The smallest absolute Gasteiger partial charge is 0.0601 e. The first-order valence-corrected chi connectivity index (χ1v) is 12.4. The van der Waals surface area contributed by atoms with Gasteiger partial charge in [-0.15, -0.1) is 9.24 Å². The maximum atomic E-state index is 5.82. The molecule has 0 radical (unpaired) electrons. The molecule has 5 nitrogen and oxygen atoms in total. The third-order valence-corrected chi connectivity index (χ3v) is 7.33. The Balaban J connectivity index is 1.50. The molecule has 2 saturated heterocycles. The van der Waals surface area contributed by atoms with Crippen molar-refractivity contribution in [2.75, 3.05) is 50.8 Å². The van der Waals surface area contributed by atoms with Gasteiger partial charge in [0.2, 0.25) is 0 Å². The molecule has 172 valence electrons. The first kappa shape index (κ1) is 23.4. The van der Waals surface area contributed by atoms with Gasteiger partial charge in [0.25, 0.3) is 0 Å². The van der Waals surface area contributed by atoms with Gasteiger partial charge in [0, 0.05) is 69.9 Å². The predicted octanol–water partition coefficient (Wildman–Crippen LogP) is 3.68. The Bertz CT molecular complexity index is 876. The number of benzene rings is 1. The maximum Gasteiger partial charge on any atom is 0.0601 e. The van der Waals surface area contributed by atoms with Crippen LogP contribution in [-0.2, 0) is 11.3 Å². The standard InChI is InChI=1S/C26H37N4OP/c1-3-22(2)30(24-17-25(32)19-27-18-24)21-26(9-15-31-16-10-26)29-13-11-28(12-14-29)20-23-7-5-4-6-8-23/h4-8,17-19H,2-3,9-16,20-21,32H2,1H3. The van der Waals surface area contributed by atoms with Gasteiger partial charge in [0.1, 0.15) is 0 Å². The lowest BCUT2D eigenvalue weighted by molar-refractivity contribution is -0.0436. The Labute approximate surface area is 195 Å². The summed E-state index contributed by atoms with van der Waals surface area (Å²) >= 11 is 0. The third kappa shape index (κ3) is 5.58. The number of pyridine rings is 1. The van der Waals surface area contributed by atoms with Crippen molar-refractivity contribution in [3.05, 3.63) is 66.6 Å². The van der Waals surface area contributed by atoms with E-state index in [1.807, 2.05) is 12.4 Å². The Hall–Kier alpha value is -1.78. The molecule has 3 heterocycles. The van der Waals surface area contributed by atoms with Crippen molar-refractivity contribution >= 4 is 20.2 Å². The van der Waals surface area contributed by atoms with Crippen molar-refractivity contribution < 1.29 is 4.74 Å². The molecule has 0 aliphatic carbocycles. The third-order valence-electron chi connectivity index (χ3n) is 7.01. The number of piperazine rings is 1. The molecule has 0 saturated carbocycles. The van der Waals surface area contributed by atoms with Crippen molar-refractivity contribution in [1.82, 2.24) is 14.8 Å². The summed E-state index contributed by atoms with van der Waals surface area (Å²) in [6.45, 7) is 14.7. The zero-order valence-corrected chi connectivity index (χ0v) is 20.5. The van der Waals surface area contributed by atoms with Crippen LogP contribution >= 0.6 is 9.24 Å². The van der Waals surface area contributed by atoms with Gasteiger partial charge >= 0.3 is 0 Å². The highest BCUT2D eigenvalue weighted by Crippen LogP contribution is 2.33. The minimum Gasteiger partial charge on any atom is -0.381 e. The van der Waals surface area contributed by atoms with Gasteiger partial charge in [-0.05, 0) is 36.2 Å². The van der Waals surface area contributed by atoms with E-state index >= 15 is 0 Å². The van der Waals surface area contributed by atoms with Gasteiger partial charge in [-0.1, -0.05) is 43.8 Å². The molecule has 1 aromatic heterocycles. The lowest BCUT2D eigenvalue weighted by Crippen LogP contribution is -2.63. The molecule has 1 unspecified atom stereocenters. The van der Waals surface area contributed by atoms with Crippen LogP contribution in [0.2, 0.25) is 0 Å². The molecule has 1 atom stereocenters. The van der Waals surface area contributed by atoms with E-state index in [1.165, 1.54) is 5.56 Å². The first-order valence-electron chi connectivity index (χ1n) is 11.8. The largest absolute Gasteiger partial charge is 0.381 e. The fourth-order valence-corrected chi connectivity index (χ4v) is 5.27. The van der Waals surface area contributed by atoms with E-state index in [4.69, 9.17) is 4.74 Å². The van der Waals surface area contributed by atoms with Crippen molar-refractivity contribution in [1.29, 1.82) is 0 Å². The Kier molecular flexibility index (Phi) is 7.96. The Morgan fingerprint density at radius 3 is 2.50 bits per heavy atom. The Morgan fingerprint density at radius 2 is 1.84 bits per heavy atom. The average Bonchev–Trinajstić information content (AvgIpc) is 2.84. The molecule has 0 amide bonds. The minimum atomic E-state index is 0.103. The van der Waals surface area contributed by atoms with Gasteiger partial charge < -0.3 is 9.64 Å². The molecule has 1 aromatic carbocycles. The second kappa shape index (κ2) is 10.9. The molecule has 0 bridgehead atoms. The average molecular weight is 453 g/mol. The minimum absolute atomic E-state index is 0.103. The molecule has 0 N–H and O–H groups in total. The number of allylic oxidation sites excluding steroid dienone is 1. The van der Waals surface area contributed by atoms with Crippen molar-refractivity contribution in [2.45, 2.75) is 38.3 Å². The van der Waals surface area contributed by atoms with Gasteiger partial charge in [-0.2, -0.15) is 0 Å². The quantitative estimate of drug-likeness (QED) is 0.571. The molecule has 2 aromatic rings. The second-order valence-corrected chi connectivity index (χ2v) is 9.73. The predicted molar refractivity (Wildman–Crippen MR) is 136 cm³/mol. The van der Waals surface area contributed by atoms with Crippen LogP contribution in [0.1, 0.15) is 31.7 Å². The Morgan fingerprint density at radius 1 is 1.12 bits per heavy atom. The number of aromatic nitrogens is 1. The summed E-state index contributed by atoms with van der Waals surface area (Å²) in [4.78, 5) is 12.2. The SMILES string of the molecule is C=C(CC)N(CC1(N2CCN(Cc3ccccc3)CC2)CCOCC1)c1cncc(P)c1. The van der Waals surface area contributed by atoms with Crippen molar-refractivity contribution in [3.63, 3.8) is 0 Å². The number of nitrogens with zero attached hydrogens (tertiary/aromatic N) is 4. The van der Waals surface area contributed by atoms with Crippen molar-refractivity contribution in [3.8, 4) is 0 Å². The van der Waals surface area contributed by atoms with Gasteiger partial charge in [0.15, 0.2) is 0 Å². The van der Waals surface area contributed by atoms with Crippen LogP contribution in [0, 0.1) is 0 Å². The molecule has 6 heteroatoms. The van der Waals surface area contributed by atoms with Gasteiger partial charge in [0.05, 0.1) is 11.9 Å². The summed E-state index contributed by atoms with van der Waals surface area (Å²) in [5.74, 6) is 0. The summed E-state index contributed by atoms with van der Waals surface area (Å²) in [6.07, 6.45) is 6.91. The topological polar surface area (TPSA) is 31.8 Å². The molecule has 2 fully saturated rings. The summed E-state index contributed by atoms with van der Waals surface area (Å²) < 4.78 is 5.82. The molecule has 4 rings (SSSR count). The zero-order chi connectivity index (χ0) is 22.4. The maximum absolute atomic E-state index is 5.82. The van der Waals surface area contributed by atoms with Crippen LogP contribution in [-0.4, -0.2) is 66.3 Å². The highest BCUT2D eigenvalue weighted by molar-refractivity contribution is 7.27. The number of ether oxygens (including phenoxy) is 1. The zero-order valence-electron chi connectivity index (χ0n) is 19.4. The number of rotatable bonds is 8.